The average molecular weight is 317 g/mol. The first-order valence-corrected chi connectivity index (χ1v) is 6.40. The number of nitrogens with two attached hydrogens (primary N) is 1. The van der Waals surface area contributed by atoms with Gasteiger partial charge in [-0.25, -0.2) is 0 Å². The molecule has 1 rings (SSSR count). The van der Waals surface area contributed by atoms with Gasteiger partial charge in [0.1, 0.15) is 0 Å². The molecule has 0 aliphatic carbocycles. The summed E-state index contributed by atoms with van der Waals surface area (Å²) in [4.78, 5) is 10.2. The van der Waals surface area contributed by atoms with Crippen LogP contribution in [0.25, 0.3) is 0 Å². The molecule has 0 bridgehead atoms. The lowest BCUT2D eigenvalue weighted by Gasteiger charge is -2.31. The van der Waals surface area contributed by atoms with Crippen LogP contribution in [0.4, 0.5) is 5.69 Å². The number of rotatable bonds is 5. The van der Waals surface area contributed by atoms with E-state index in [4.69, 9.17) is 5.73 Å². The summed E-state index contributed by atoms with van der Waals surface area (Å²) in [7, 11) is 0. The summed E-state index contributed by atoms with van der Waals surface area (Å²) in [6.07, 6.45) is 0.00400. The van der Waals surface area contributed by atoms with E-state index in [1.807, 2.05) is 6.92 Å². The van der Waals surface area contributed by atoms with E-state index in [0.29, 0.717) is 17.4 Å². The van der Waals surface area contributed by atoms with Gasteiger partial charge in [0.05, 0.1) is 11.0 Å². The average Bonchev–Trinajstić information content (AvgIpc) is 2.31. The van der Waals surface area contributed by atoms with Crippen molar-refractivity contribution in [1.82, 2.24) is 0 Å². The predicted octanol–water partition coefficient (Wildman–Crippen LogP) is 2.25. The molecule has 5 nitrogen and oxygen atoms in total. The highest BCUT2D eigenvalue weighted by Gasteiger charge is 2.29. The van der Waals surface area contributed by atoms with Crippen molar-refractivity contribution in [2.24, 2.45) is 11.1 Å². The van der Waals surface area contributed by atoms with Crippen molar-refractivity contribution in [2.45, 2.75) is 26.4 Å². The summed E-state index contributed by atoms with van der Waals surface area (Å²) < 4.78 is 0.664. The molecular formula is C12H17BrN2O3. The Kier molecular flexibility index (Phi) is 4.84. The van der Waals surface area contributed by atoms with E-state index in [-0.39, 0.29) is 5.69 Å². The Bertz CT molecular complexity index is 451. The predicted molar refractivity (Wildman–Crippen MR) is 73.3 cm³/mol. The molecule has 3 N–H and O–H groups in total. The number of halogens is 1. The first-order chi connectivity index (χ1) is 8.30. The van der Waals surface area contributed by atoms with Crippen LogP contribution in [0.15, 0.2) is 22.7 Å². The number of nitro groups is 1. The summed E-state index contributed by atoms with van der Waals surface area (Å²) in [5, 5.41) is 20.4. The summed E-state index contributed by atoms with van der Waals surface area (Å²) in [6.45, 7) is 3.94. The minimum atomic E-state index is -0.551. The molecule has 0 amide bonds. The van der Waals surface area contributed by atoms with Crippen molar-refractivity contribution in [3.63, 3.8) is 0 Å². The van der Waals surface area contributed by atoms with E-state index in [2.05, 4.69) is 15.9 Å². The topological polar surface area (TPSA) is 89.4 Å². The molecule has 0 radical (unpaired) electrons. The number of nitro benzene ring substituents is 1. The van der Waals surface area contributed by atoms with Crippen molar-refractivity contribution in [1.29, 1.82) is 0 Å². The van der Waals surface area contributed by atoms with Crippen molar-refractivity contribution < 1.29 is 10.0 Å². The number of hydrogen-bond donors (Lipinski definition) is 2. The highest BCUT2D eigenvalue weighted by atomic mass is 79.9. The highest BCUT2D eigenvalue weighted by Crippen LogP contribution is 2.31. The van der Waals surface area contributed by atoms with Crippen LogP contribution in [0.3, 0.4) is 0 Å². The summed E-state index contributed by atoms with van der Waals surface area (Å²) in [5.41, 5.74) is 6.19. The number of aliphatic hydroxyl groups excluding tert-OH is 1. The molecule has 0 aromatic heterocycles. The Morgan fingerprint density at radius 1 is 1.61 bits per heavy atom. The molecule has 2 unspecified atom stereocenters. The van der Waals surface area contributed by atoms with Crippen LogP contribution in [0, 0.1) is 15.5 Å². The van der Waals surface area contributed by atoms with E-state index in [1.165, 1.54) is 12.1 Å². The molecule has 0 heterocycles. The zero-order chi connectivity index (χ0) is 13.9. The maximum Gasteiger partial charge on any atom is 0.270 e. The van der Waals surface area contributed by atoms with Crippen molar-refractivity contribution in [2.75, 3.05) is 6.54 Å². The molecule has 6 heteroatoms. The van der Waals surface area contributed by atoms with Crippen LogP contribution in [0.2, 0.25) is 0 Å². The second-order valence-corrected chi connectivity index (χ2v) is 5.60. The van der Waals surface area contributed by atoms with Gasteiger partial charge < -0.3 is 10.8 Å². The summed E-state index contributed by atoms with van der Waals surface area (Å²) in [6, 6.07) is 4.62. The molecule has 0 aliphatic heterocycles. The monoisotopic (exact) mass is 316 g/mol. The molecule has 1 aromatic carbocycles. The van der Waals surface area contributed by atoms with Gasteiger partial charge in [-0.05, 0) is 18.9 Å². The van der Waals surface area contributed by atoms with Crippen LogP contribution in [-0.4, -0.2) is 22.7 Å². The lowest BCUT2D eigenvalue weighted by atomic mass is 9.79. The Morgan fingerprint density at radius 3 is 2.61 bits per heavy atom. The quantitative estimate of drug-likeness (QED) is 0.644. The smallest absolute Gasteiger partial charge is 0.270 e. The molecule has 1 aromatic rings. The number of aliphatic hydroxyl groups is 1. The minimum Gasteiger partial charge on any atom is -0.393 e. The number of nitrogens with zero attached hydrogens (tertiary/aromatic N) is 1. The molecule has 0 aliphatic rings. The van der Waals surface area contributed by atoms with E-state index in [1.54, 1.807) is 13.0 Å². The maximum absolute atomic E-state index is 10.6. The number of non-ortho nitro benzene ring substituents is 1. The van der Waals surface area contributed by atoms with Gasteiger partial charge in [-0.15, -0.1) is 0 Å². The first-order valence-electron chi connectivity index (χ1n) is 5.61. The molecule has 0 saturated carbocycles. The Hall–Kier alpha value is -0.980. The van der Waals surface area contributed by atoms with E-state index < -0.39 is 16.4 Å². The van der Waals surface area contributed by atoms with Crippen molar-refractivity contribution in [3.8, 4) is 0 Å². The second kappa shape index (κ2) is 5.77. The highest BCUT2D eigenvalue weighted by molar-refractivity contribution is 9.10. The Labute approximate surface area is 114 Å². The second-order valence-electron chi connectivity index (χ2n) is 4.74. The molecule has 100 valence electrons. The Balaban J connectivity index is 3.02. The summed E-state index contributed by atoms with van der Waals surface area (Å²) >= 11 is 3.32. The molecule has 0 fully saturated rings. The van der Waals surface area contributed by atoms with Gasteiger partial charge in [0.15, 0.2) is 0 Å². The van der Waals surface area contributed by atoms with Crippen LogP contribution in [0.1, 0.15) is 19.4 Å². The third kappa shape index (κ3) is 3.28. The SMILES string of the molecule is CC(O)C(C)(CN)Cc1ccc([N+](=O)[O-])cc1Br. The molecule has 2 atom stereocenters. The van der Waals surface area contributed by atoms with Gasteiger partial charge in [0.25, 0.3) is 5.69 Å². The van der Waals surface area contributed by atoms with Gasteiger partial charge in [-0.2, -0.15) is 0 Å². The summed E-state index contributed by atoms with van der Waals surface area (Å²) in [5.74, 6) is 0. The van der Waals surface area contributed by atoms with Gasteiger partial charge >= 0.3 is 0 Å². The van der Waals surface area contributed by atoms with Crippen molar-refractivity contribution >= 4 is 21.6 Å². The molecule has 0 spiro atoms. The van der Waals surface area contributed by atoms with Gasteiger partial charge in [-0.1, -0.05) is 28.9 Å². The zero-order valence-electron chi connectivity index (χ0n) is 10.4. The van der Waals surface area contributed by atoms with E-state index >= 15 is 0 Å². The standard InChI is InChI=1S/C12H17BrN2O3/c1-8(16)12(2,7-14)6-9-3-4-10(15(17)18)5-11(9)13/h3-5,8,16H,6-7,14H2,1-2H3. The fourth-order valence-corrected chi connectivity index (χ4v) is 2.13. The van der Waals surface area contributed by atoms with Crippen molar-refractivity contribution in [3.05, 3.63) is 38.3 Å². The lowest BCUT2D eigenvalue weighted by molar-refractivity contribution is -0.384. The van der Waals surface area contributed by atoms with E-state index in [9.17, 15) is 15.2 Å². The normalized spacial score (nSPS) is 16.1. The van der Waals surface area contributed by atoms with E-state index in [0.717, 1.165) is 5.56 Å². The third-order valence-corrected chi connectivity index (χ3v) is 4.05. The lowest BCUT2D eigenvalue weighted by Crippen LogP contribution is -2.39. The van der Waals surface area contributed by atoms with Crippen LogP contribution in [0.5, 0.6) is 0 Å². The molecule has 18 heavy (non-hydrogen) atoms. The minimum absolute atomic E-state index is 0.0390. The van der Waals surface area contributed by atoms with Crippen LogP contribution in [-0.2, 0) is 6.42 Å². The molecule has 0 saturated heterocycles. The fraction of sp³-hybridized carbons (Fsp3) is 0.500. The van der Waals surface area contributed by atoms with Gasteiger partial charge in [-0.3, -0.25) is 10.1 Å². The fourth-order valence-electron chi connectivity index (χ4n) is 1.62. The van der Waals surface area contributed by atoms with Crippen LogP contribution >= 0.6 is 15.9 Å². The van der Waals surface area contributed by atoms with Crippen LogP contribution < -0.4 is 5.73 Å². The number of hydrogen-bond acceptors (Lipinski definition) is 4. The largest absolute Gasteiger partial charge is 0.393 e. The number of benzene rings is 1. The van der Waals surface area contributed by atoms with Gasteiger partial charge in [0.2, 0.25) is 0 Å². The zero-order valence-corrected chi connectivity index (χ0v) is 12.0. The maximum atomic E-state index is 10.6. The molecular weight excluding hydrogens is 300 g/mol. The van der Waals surface area contributed by atoms with Gasteiger partial charge in [0, 0.05) is 28.6 Å². The Morgan fingerprint density at radius 2 is 2.22 bits per heavy atom. The first kappa shape index (κ1) is 15.1. The third-order valence-electron chi connectivity index (χ3n) is 3.32.